The van der Waals surface area contributed by atoms with E-state index in [9.17, 15) is 9.90 Å². The first-order chi connectivity index (χ1) is 15.5. The fraction of sp³-hybridized carbons (Fsp3) is 0.621. The molecule has 0 amide bonds. The Bertz CT molecular complexity index is 648. The topological polar surface area (TPSA) is 49.3 Å². The third-order valence-corrected chi connectivity index (χ3v) is 5.98. The number of carboxylic acid groups (broad SMARTS) is 1. The van der Waals surface area contributed by atoms with Crippen LogP contribution in [0, 0.1) is 6.92 Å². The number of benzene rings is 1. The summed E-state index contributed by atoms with van der Waals surface area (Å²) >= 11 is 0. The highest BCUT2D eigenvalue weighted by Gasteiger charge is 2.18. The third-order valence-electron chi connectivity index (χ3n) is 5.98. The predicted molar refractivity (Wildman–Crippen MR) is 138 cm³/mol. The number of rotatable bonds is 20. The van der Waals surface area contributed by atoms with Crippen LogP contribution in [-0.2, 0) is 11.2 Å². The van der Waals surface area contributed by atoms with Crippen molar-refractivity contribution >= 4 is 5.97 Å². The normalized spacial score (nSPS) is 12.2. The van der Waals surface area contributed by atoms with Crippen molar-refractivity contribution < 1.29 is 9.90 Å². The third kappa shape index (κ3) is 14.9. The van der Waals surface area contributed by atoms with Crippen LogP contribution in [0.3, 0.4) is 0 Å². The number of carbonyl (C=O) groups is 1. The Labute approximate surface area is 197 Å². The lowest BCUT2D eigenvalue weighted by Crippen LogP contribution is -2.37. The van der Waals surface area contributed by atoms with Crippen LogP contribution in [-0.4, -0.2) is 17.1 Å². The van der Waals surface area contributed by atoms with Crippen molar-refractivity contribution in [2.45, 2.75) is 116 Å². The fourth-order valence-corrected chi connectivity index (χ4v) is 3.89. The summed E-state index contributed by atoms with van der Waals surface area (Å²) in [5.41, 5.74) is 3.05. The second kappa shape index (κ2) is 18.5. The lowest BCUT2D eigenvalue weighted by Gasteiger charge is -2.18. The minimum Gasteiger partial charge on any atom is -0.480 e. The Kier molecular flexibility index (Phi) is 16.2. The molecule has 180 valence electrons. The van der Waals surface area contributed by atoms with E-state index in [0.717, 1.165) is 24.1 Å². The van der Waals surface area contributed by atoms with E-state index in [2.05, 4.69) is 31.0 Å². The molecule has 0 saturated heterocycles. The SMILES string of the molecule is C=C(CCCCCCC/C=C\CCCCCCCC)N[C@@H](Cc1ccc(C)cc1)C(=O)O. The molecule has 3 nitrogen and oxygen atoms in total. The molecule has 0 unspecified atom stereocenters. The quantitative estimate of drug-likeness (QED) is 0.159. The standard InChI is InChI=1S/C29H47NO2/c1-4-5-6-7-8-9-10-11-12-13-14-15-16-17-18-19-26(3)30-28(29(31)32)24-27-22-20-25(2)21-23-27/h11-12,20-23,28,30H,3-10,13-19,24H2,1-2H3,(H,31,32)/b12-11-/t28-/m0/s1. The molecule has 0 aliphatic heterocycles. The molecule has 0 radical (unpaired) electrons. The number of unbranched alkanes of at least 4 members (excludes halogenated alkanes) is 11. The molecule has 0 fully saturated rings. The molecule has 0 spiro atoms. The molecule has 1 rings (SSSR count). The summed E-state index contributed by atoms with van der Waals surface area (Å²) in [7, 11) is 0. The van der Waals surface area contributed by atoms with Crippen LogP contribution in [0.25, 0.3) is 0 Å². The molecule has 32 heavy (non-hydrogen) atoms. The number of hydrogen-bond donors (Lipinski definition) is 2. The van der Waals surface area contributed by atoms with E-state index in [-0.39, 0.29) is 0 Å². The van der Waals surface area contributed by atoms with Gasteiger partial charge >= 0.3 is 5.97 Å². The highest BCUT2D eigenvalue weighted by molar-refractivity contribution is 5.74. The van der Waals surface area contributed by atoms with Gasteiger partial charge in [-0.2, -0.15) is 0 Å². The second-order valence-electron chi connectivity index (χ2n) is 9.16. The van der Waals surface area contributed by atoms with Crippen LogP contribution in [0.5, 0.6) is 0 Å². The molecule has 0 aliphatic rings. The zero-order chi connectivity index (χ0) is 23.4. The highest BCUT2D eigenvalue weighted by Crippen LogP contribution is 2.13. The summed E-state index contributed by atoms with van der Waals surface area (Å²) in [6, 6.07) is 7.43. The van der Waals surface area contributed by atoms with Crippen LogP contribution < -0.4 is 5.32 Å². The van der Waals surface area contributed by atoms with E-state index in [1.165, 1.54) is 82.6 Å². The molecule has 0 bridgehead atoms. The van der Waals surface area contributed by atoms with Crippen molar-refractivity contribution in [3.05, 3.63) is 59.8 Å². The van der Waals surface area contributed by atoms with E-state index in [0.29, 0.717) is 6.42 Å². The maximum Gasteiger partial charge on any atom is 0.326 e. The lowest BCUT2D eigenvalue weighted by atomic mass is 10.0. The van der Waals surface area contributed by atoms with Crippen molar-refractivity contribution in [3.8, 4) is 0 Å². The molecule has 1 atom stereocenters. The number of nitrogens with one attached hydrogen (secondary N) is 1. The number of hydrogen-bond acceptors (Lipinski definition) is 2. The van der Waals surface area contributed by atoms with Crippen LogP contribution in [0.1, 0.15) is 108 Å². The van der Waals surface area contributed by atoms with Gasteiger partial charge in [-0.05, 0) is 51.0 Å². The van der Waals surface area contributed by atoms with Crippen molar-refractivity contribution in [1.29, 1.82) is 0 Å². The minimum absolute atomic E-state index is 0.473. The van der Waals surface area contributed by atoms with Crippen LogP contribution in [0.15, 0.2) is 48.7 Å². The molecule has 3 heteroatoms. The molecular formula is C29H47NO2. The van der Waals surface area contributed by atoms with Gasteiger partial charge in [-0.15, -0.1) is 0 Å². The van der Waals surface area contributed by atoms with E-state index >= 15 is 0 Å². The summed E-state index contributed by atoms with van der Waals surface area (Å²) in [5, 5.41) is 12.7. The smallest absolute Gasteiger partial charge is 0.326 e. The Morgan fingerprint density at radius 3 is 2.00 bits per heavy atom. The molecule has 1 aromatic rings. The summed E-state index contributed by atoms with van der Waals surface area (Å²) in [5.74, 6) is -0.823. The lowest BCUT2D eigenvalue weighted by molar-refractivity contribution is -0.139. The van der Waals surface area contributed by atoms with E-state index in [1.54, 1.807) is 0 Å². The van der Waals surface area contributed by atoms with E-state index < -0.39 is 12.0 Å². The van der Waals surface area contributed by atoms with Gasteiger partial charge < -0.3 is 10.4 Å². The first kappa shape index (κ1) is 28.0. The average molecular weight is 442 g/mol. The second-order valence-corrected chi connectivity index (χ2v) is 9.16. The molecule has 0 heterocycles. The molecule has 0 aromatic heterocycles. The maximum atomic E-state index is 11.6. The average Bonchev–Trinajstić information content (AvgIpc) is 2.77. The summed E-state index contributed by atoms with van der Waals surface area (Å²) < 4.78 is 0. The summed E-state index contributed by atoms with van der Waals surface area (Å²) in [6.07, 6.45) is 22.7. The first-order valence-corrected chi connectivity index (χ1v) is 12.9. The van der Waals surface area contributed by atoms with Crippen molar-refractivity contribution in [2.24, 2.45) is 0 Å². The molecular weight excluding hydrogens is 394 g/mol. The van der Waals surface area contributed by atoms with Gasteiger partial charge in [0.2, 0.25) is 0 Å². The molecule has 2 N–H and O–H groups in total. The van der Waals surface area contributed by atoms with Crippen LogP contribution in [0.2, 0.25) is 0 Å². The molecule has 0 saturated carbocycles. The minimum atomic E-state index is -0.823. The number of aryl methyl sites for hydroxylation is 1. The largest absolute Gasteiger partial charge is 0.480 e. The zero-order valence-corrected chi connectivity index (χ0v) is 20.7. The first-order valence-electron chi connectivity index (χ1n) is 12.9. The van der Waals surface area contributed by atoms with Gasteiger partial charge in [0, 0.05) is 12.1 Å². The zero-order valence-electron chi connectivity index (χ0n) is 20.7. The van der Waals surface area contributed by atoms with Gasteiger partial charge in [0.25, 0.3) is 0 Å². The molecule has 1 aromatic carbocycles. The van der Waals surface area contributed by atoms with Gasteiger partial charge in [-0.1, -0.05) is 107 Å². The Morgan fingerprint density at radius 2 is 1.44 bits per heavy atom. The Hall–Kier alpha value is -2.03. The maximum absolute atomic E-state index is 11.6. The number of carboxylic acids is 1. The summed E-state index contributed by atoms with van der Waals surface area (Å²) in [6.45, 7) is 8.35. The van der Waals surface area contributed by atoms with Crippen LogP contribution in [0.4, 0.5) is 0 Å². The Balaban J connectivity index is 2.03. The van der Waals surface area contributed by atoms with Crippen LogP contribution >= 0.6 is 0 Å². The van der Waals surface area contributed by atoms with Gasteiger partial charge in [0.1, 0.15) is 6.04 Å². The fourth-order valence-electron chi connectivity index (χ4n) is 3.89. The Morgan fingerprint density at radius 1 is 0.906 bits per heavy atom. The number of allylic oxidation sites excluding steroid dienone is 3. The monoisotopic (exact) mass is 441 g/mol. The van der Waals surface area contributed by atoms with E-state index in [1.807, 2.05) is 31.2 Å². The van der Waals surface area contributed by atoms with Gasteiger partial charge in [0.05, 0.1) is 0 Å². The molecule has 0 aliphatic carbocycles. The van der Waals surface area contributed by atoms with Gasteiger partial charge in [-0.25, -0.2) is 4.79 Å². The van der Waals surface area contributed by atoms with E-state index in [4.69, 9.17) is 0 Å². The predicted octanol–water partition coefficient (Wildman–Crippen LogP) is 8.13. The summed E-state index contributed by atoms with van der Waals surface area (Å²) in [4.78, 5) is 11.6. The van der Waals surface area contributed by atoms with Gasteiger partial charge in [0.15, 0.2) is 0 Å². The number of aliphatic carboxylic acids is 1. The highest BCUT2D eigenvalue weighted by atomic mass is 16.4. The van der Waals surface area contributed by atoms with Crippen molar-refractivity contribution in [2.75, 3.05) is 0 Å². The van der Waals surface area contributed by atoms with Crippen molar-refractivity contribution in [3.63, 3.8) is 0 Å². The van der Waals surface area contributed by atoms with Gasteiger partial charge in [-0.3, -0.25) is 0 Å². The van der Waals surface area contributed by atoms with Crippen molar-refractivity contribution in [1.82, 2.24) is 5.32 Å².